The van der Waals surface area contributed by atoms with Gasteiger partial charge in [-0.3, -0.25) is 19.2 Å². The fraction of sp³-hybridized carbons (Fsp3) is 0.688. The van der Waals surface area contributed by atoms with Gasteiger partial charge in [0.05, 0.1) is 18.6 Å². The Balaban J connectivity index is 2.75. The molecule has 12 heteroatoms. The summed E-state index contributed by atoms with van der Waals surface area (Å²) in [6, 6.07) is -4.96. The first-order valence-corrected chi connectivity index (χ1v) is 8.75. The Morgan fingerprint density at radius 1 is 1.11 bits per heavy atom. The summed E-state index contributed by atoms with van der Waals surface area (Å²) in [5.74, 6) is -4.88. The number of nitrogens with two attached hydrogens (primary N) is 1. The van der Waals surface area contributed by atoms with Crippen LogP contribution < -0.4 is 16.4 Å². The molecular weight excluding hydrogens is 376 g/mol. The summed E-state index contributed by atoms with van der Waals surface area (Å²) < 4.78 is 0. The second kappa shape index (κ2) is 9.99. The Morgan fingerprint density at radius 3 is 2.21 bits per heavy atom. The molecule has 0 aromatic rings. The summed E-state index contributed by atoms with van der Waals surface area (Å²) >= 11 is 0. The Bertz CT molecular complexity index is 638. The van der Waals surface area contributed by atoms with E-state index in [4.69, 9.17) is 15.9 Å². The zero-order valence-electron chi connectivity index (χ0n) is 15.6. The Kier molecular flexibility index (Phi) is 8.32. The Hall–Kier alpha value is -2.73. The van der Waals surface area contributed by atoms with Gasteiger partial charge in [-0.25, -0.2) is 4.79 Å². The molecule has 5 unspecified atom stereocenters. The predicted molar refractivity (Wildman–Crippen MR) is 93.8 cm³/mol. The SMILES string of the molecule is CC(NC(=O)C(NC(=O)C(N)CC(=O)O)C(C)O)C(=O)N1CCCC1C(=O)O. The van der Waals surface area contributed by atoms with E-state index in [-0.39, 0.29) is 6.54 Å². The first-order chi connectivity index (χ1) is 13.0. The zero-order valence-corrected chi connectivity index (χ0v) is 15.6. The highest BCUT2D eigenvalue weighted by Crippen LogP contribution is 2.18. The lowest BCUT2D eigenvalue weighted by molar-refractivity contribution is -0.149. The van der Waals surface area contributed by atoms with Crippen LogP contribution >= 0.6 is 0 Å². The van der Waals surface area contributed by atoms with E-state index in [1.54, 1.807) is 0 Å². The number of nitrogens with one attached hydrogen (secondary N) is 2. The number of hydrogen-bond acceptors (Lipinski definition) is 7. The van der Waals surface area contributed by atoms with Crippen molar-refractivity contribution in [3.8, 4) is 0 Å². The highest BCUT2D eigenvalue weighted by molar-refractivity contribution is 5.95. The van der Waals surface area contributed by atoms with Crippen LogP contribution in [-0.2, 0) is 24.0 Å². The average molecular weight is 402 g/mol. The maximum atomic E-state index is 12.5. The molecule has 1 saturated heterocycles. The van der Waals surface area contributed by atoms with E-state index in [0.717, 1.165) is 4.90 Å². The number of carboxylic acid groups (broad SMARTS) is 2. The van der Waals surface area contributed by atoms with E-state index >= 15 is 0 Å². The second-order valence-corrected chi connectivity index (χ2v) is 6.69. The van der Waals surface area contributed by atoms with Crippen molar-refractivity contribution in [1.29, 1.82) is 0 Å². The molecule has 1 aliphatic heterocycles. The van der Waals surface area contributed by atoms with Crippen molar-refractivity contribution < 1.29 is 39.3 Å². The number of amides is 3. The van der Waals surface area contributed by atoms with Crippen molar-refractivity contribution in [1.82, 2.24) is 15.5 Å². The third-order valence-corrected chi connectivity index (χ3v) is 4.34. The van der Waals surface area contributed by atoms with Gasteiger partial charge in [-0.1, -0.05) is 0 Å². The molecule has 12 nitrogen and oxygen atoms in total. The van der Waals surface area contributed by atoms with E-state index in [9.17, 15) is 29.1 Å². The predicted octanol–water partition coefficient (Wildman–Crippen LogP) is -2.77. The monoisotopic (exact) mass is 402 g/mol. The summed E-state index contributed by atoms with van der Waals surface area (Å²) in [5.41, 5.74) is 5.42. The summed E-state index contributed by atoms with van der Waals surface area (Å²) in [5, 5.41) is 32.1. The molecule has 0 spiro atoms. The van der Waals surface area contributed by atoms with Crippen LogP contribution in [0.3, 0.4) is 0 Å². The molecule has 5 atom stereocenters. The first-order valence-electron chi connectivity index (χ1n) is 8.75. The van der Waals surface area contributed by atoms with Gasteiger partial charge in [0, 0.05) is 6.54 Å². The van der Waals surface area contributed by atoms with Gasteiger partial charge in [-0.05, 0) is 26.7 Å². The standard InChI is InChI=1S/C16H26N4O8/c1-7(15(26)20-5-3-4-10(20)16(27)28)18-14(25)12(8(2)21)19-13(24)9(17)6-11(22)23/h7-10,12,21H,3-6,17H2,1-2H3,(H,18,25)(H,19,24)(H,22,23)(H,27,28). The number of aliphatic hydroxyl groups excluding tert-OH is 1. The molecule has 0 aromatic heterocycles. The summed E-state index contributed by atoms with van der Waals surface area (Å²) in [6.45, 7) is 2.83. The number of carbonyl (C=O) groups is 5. The highest BCUT2D eigenvalue weighted by atomic mass is 16.4. The van der Waals surface area contributed by atoms with Gasteiger partial charge >= 0.3 is 11.9 Å². The van der Waals surface area contributed by atoms with Crippen LogP contribution in [0.1, 0.15) is 33.1 Å². The van der Waals surface area contributed by atoms with Crippen LogP contribution in [0, 0.1) is 0 Å². The van der Waals surface area contributed by atoms with Gasteiger partial charge in [0.25, 0.3) is 0 Å². The molecular formula is C16H26N4O8. The molecule has 3 amide bonds. The molecule has 1 fully saturated rings. The number of carboxylic acids is 2. The van der Waals surface area contributed by atoms with Crippen molar-refractivity contribution in [3.63, 3.8) is 0 Å². The lowest BCUT2D eigenvalue weighted by Gasteiger charge is -2.27. The molecule has 0 aliphatic carbocycles. The van der Waals surface area contributed by atoms with E-state index in [1.165, 1.54) is 13.8 Å². The number of likely N-dealkylation sites (tertiary alicyclic amines) is 1. The molecule has 28 heavy (non-hydrogen) atoms. The highest BCUT2D eigenvalue weighted by Gasteiger charge is 2.37. The third kappa shape index (κ3) is 6.16. The average Bonchev–Trinajstić information content (AvgIpc) is 3.07. The second-order valence-electron chi connectivity index (χ2n) is 6.69. The molecule has 1 aliphatic rings. The van der Waals surface area contributed by atoms with Crippen LogP contribution in [0.4, 0.5) is 0 Å². The third-order valence-electron chi connectivity index (χ3n) is 4.34. The number of aliphatic carboxylic acids is 2. The minimum Gasteiger partial charge on any atom is -0.481 e. The lowest BCUT2D eigenvalue weighted by Crippen LogP contribution is -2.59. The summed E-state index contributed by atoms with van der Waals surface area (Å²) in [7, 11) is 0. The number of rotatable bonds is 9. The molecule has 7 N–H and O–H groups in total. The van der Waals surface area contributed by atoms with Gasteiger partial charge in [-0.15, -0.1) is 0 Å². The van der Waals surface area contributed by atoms with E-state index in [0.29, 0.717) is 12.8 Å². The minimum absolute atomic E-state index is 0.247. The smallest absolute Gasteiger partial charge is 0.326 e. The maximum absolute atomic E-state index is 12.5. The van der Waals surface area contributed by atoms with E-state index in [1.807, 2.05) is 0 Å². The molecule has 0 radical (unpaired) electrons. The van der Waals surface area contributed by atoms with Crippen molar-refractivity contribution in [2.45, 2.75) is 63.4 Å². The maximum Gasteiger partial charge on any atom is 0.326 e. The van der Waals surface area contributed by atoms with Gasteiger partial charge in [0.1, 0.15) is 18.1 Å². The summed E-state index contributed by atoms with van der Waals surface area (Å²) in [4.78, 5) is 59.7. The topological polar surface area (TPSA) is 199 Å². The molecule has 0 bridgehead atoms. The van der Waals surface area contributed by atoms with Crippen LogP contribution in [-0.4, -0.2) is 86.7 Å². The molecule has 158 valence electrons. The number of carbonyl (C=O) groups excluding carboxylic acids is 3. The summed E-state index contributed by atoms with van der Waals surface area (Å²) in [6.07, 6.45) is -1.19. The van der Waals surface area contributed by atoms with E-state index < -0.39 is 66.4 Å². The fourth-order valence-corrected chi connectivity index (χ4v) is 2.85. The molecule has 1 heterocycles. The number of aliphatic hydroxyl groups is 1. The van der Waals surface area contributed by atoms with Gasteiger partial charge in [-0.2, -0.15) is 0 Å². The van der Waals surface area contributed by atoms with Crippen LogP contribution in [0.5, 0.6) is 0 Å². The van der Waals surface area contributed by atoms with Crippen LogP contribution in [0.2, 0.25) is 0 Å². The molecule has 0 aromatic carbocycles. The van der Waals surface area contributed by atoms with Crippen molar-refractivity contribution in [3.05, 3.63) is 0 Å². The van der Waals surface area contributed by atoms with Crippen molar-refractivity contribution in [2.24, 2.45) is 5.73 Å². The Labute approximate surface area is 161 Å². The number of hydrogen-bond donors (Lipinski definition) is 6. The van der Waals surface area contributed by atoms with Gasteiger partial charge < -0.3 is 36.6 Å². The van der Waals surface area contributed by atoms with Crippen molar-refractivity contribution >= 4 is 29.7 Å². The zero-order chi connectivity index (χ0) is 21.6. The molecule has 1 rings (SSSR count). The van der Waals surface area contributed by atoms with Crippen LogP contribution in [0.15, 0.2) is 0 Å². The number of nitrogens with zero attached hydrogens (tertiary/aromatic N) is 1. The lowest BCUT2D eigenvalue weighted by atomic mass is 10.1. The van der Waals surface area contributed by atoms with Gasteiger partial charge in [0.15, 0.2) is 0 Å². The first kappa shape index (κ1) is 23.3. The van der Waals surface area contributed by atoms with Crippen molar-refractivity contribution in [2.75, 3.05) is 6.54 Å². The largest absolute Gasteiger partial charge is 0.481 e. The quantitative estimate of drug-likeness (QED) is 0.236. The van der Waals surface area contributed by atoms with E-state index in [2.05, 4.69) is 10.6 Å². The minimum atomic E-state index is -1.48. The van der Waals surface area contributed by atoms with Gasteiger partial charge in [0.2, 0.25) is 17.7 Å². The Morgan fingerprint density at radius 2 is 1.71 bits per heavy atom. The van der Waals surface area contributed by atoms with Crippen LogP contribution in [0.25, 0.3) is 0 Å². The molecule has 0 saturated carbocycles. The fourth-order valence-electron chi connectivity index (χ4n) is 2.85. The normalized spacial score (nSPS) is 20.6.